The Morgan fingerprint density at radius 2 is 0.560 bits per heavy atom. The highest BCUT2D eigenvalue weighted by molar-refractivity contribution is 6.01. The van der Waals surface area contributed by atoms with Crippen molar-refractivity contribution in [2.24, 2.45) is 0 Å². The monoisotopic (exact) mass is 959 g/mol. The Morgan fingerprint density at radius 1 is 0.253 bits per heavy atom. The van der Waals surface area contributed by atoms with Gasteiger partial charge in [-0.15, -0.1) is 0 Å². The van der Waals surface area contributed by atoms with Gasteiger partial charge >= 0.3 is 0 Å². The molecule has 2 heteroatoms. The van der Waals surface area contributed by atoms with E-state index in [1.165, 1.54) is 55.6 Å². The topological polar surface area (TPSA) is 3.24 Å². The summed E-state index contributed by atoms with van der Waals surface area (Å²) in [6.07, 6.45) is 0. The fraction of sp³-hybridized carbons (Fsp3) is 0.0137. The summed E-state index contributed by atoms with van der Waals surface area (Å²) in [5, 5.41) is 0. The Hall–Kier alpha value is -9.63. The summed E-state index contributed by atoms with van der Waals surface area (Å²) in [5.74, 6) is -0.255. The molecule has 13 rings (SSSR count). The second-order valence-corrected chi connectivity index (χ2v) is 19.3. The fourth-order valence-corrected chi connectivity index (χ4v) is 11.5. The van der Waals surface area contributed by atoms with Crippen LogP contribution in [0.2, 0.25) is 0 Å². The Balaban J connectivity index is 0.978. The van der Waals surface area contributed by atoms with E-state index in [4.69, 9.17) is 0 Å². The molecule has 0 bridgehead atoms. The molecule has 1 aliphatic carbocycles. The molecule has 1 nitrogen and oxygen atoms in total. The van der Waals surface area contributed by atoms with Crippen molar-refractivity contribution < 1.29 is 4.39 Å². The van der Waals surface area contributed by atoms with Crippen LogP contribution in [0.3, 0.4) is 0 Å². The molecule has 0 N–H and O–H groups in total. The van der Waals surface area contributed by atoms with Crippen molar-refractivity contribution in [1.82, 2.24) is 0 Å². The van der Waals surface area contributed by atoms with Crippen LogP contribution in [0.5, 0.6) is 0 Å². The second-order valence-electron chi connectivity index (χ2n) is 19.3. The van der Waals surface area contributed by atoms with Gasteiger partial charge in [-0.3, -0.25) is 0 Å². The normalized spacial score (nSPS) is 12.2. The molecule has 354 valence electrons. The summed E-state index contributed by atoms with van der Waals surface area (Å²) in [6.45, 7) is 0. The molecular formula is C73H50FN. The van der Waals surface area contributed by atoms with E-state index in [1.54, 1.807) is 12.1 Å². The highest BCUT2D eigenvalue weighted by Gasteiger charge is 2.49. The molecule has 0 spiro atoms. The number of rotatable bonds is 11. The zero-order valence-electron chi connectivity index (χ0n) is 41.2. The van der Waals surface area contributed by atoms with Crippen molar-refractivity contribution in [3.8, 4) is 77.9 Å². The maximum absolute atomic E-state index is 14.7. The third-order valence-corrected chi connectivity index (χ3v) is 15.1. The number of hydrogen-bond acceptors (Lipinski definition) is 1. The molecule has 12 aromatic carbocycles. The highest BCUT2D eigenvalue weighted by Crippen LogP contribution is 2.61. The Bertz CT molecular complexity index is 3790. The van der Waals surface area contributed by atoms with E-state index < -0.39 is 5.41 Å². The van der Waals surface area contributed by atoms with Gasteiger partial charge in [0.15, 0.2) is 0 Å². The molecule has 0 amide bonds. The van der Waals surface area contributed by atoms with Crippen LogP contribution in [-0.4, -0.2) is 0 Å². The number of fused-ring (bicyclic) bond motifs is 3. The van der Waals surface area contributed by atoms with Crippen molar-refractivity contribution >= 4 is 17.1 Å². The van der Waals surface area contributed by atoms with Gasteiger partial charge in [0, 0.05) is 17.1 Å². The van der Waals surface area contributed by atoms with Gasteiger partial charge in [0.25, 0.3) is 0 Å². The van der Waals surface area contributed by atoms with Gasteiger partial charge in [-0.2, -0.15) is 0 Å². The first kappa shape index (κ1) is 45.2. The van der Waals surface area contributed by atoms with Gasteiger partial charge in [-0.1, -0.05) is 249 Å². The van der Waals surface area contributed by atoms with E-state index >= 15 is 0 Å². The second kappa shape index (κ2) is 19.4. The van der Waals surface area contributed by atoms with Crippen molar-refractivity contribution in [1.29, 1.82) is 0 Å². The zero-order chi connectivity index (χ0) is 50.1. The van der Waals surface area contributed by atoms with Crippen molar-refractivity contribution in [2.75, 3.05) is 4.90 Å². The average molecular weight is 960 g/mol. The smallest absolute Gasteiger partial charge is 0.123 e. The molecule has 75 heavy (non-hydrogen) atoms. The van der Waals surface area contributed by atoms with Crippen molar-refractivity contribution in [3.05, 3.63) is 331 Å². The first-order chi connectivity index (χ1) is 37.1. The number of halogens is 1. The van der Waals surface area contributed by atoms with Gasteiger partial charge < -0.3 is 4.90 Å². The van der Waals surface area contributed by atoms with Gasteiger partial charge in [-0.05, 0) is 155 Å². The highest BCUT2D eigenvalue weighted by atomic mass is 19.1. The number of anilines is 3. The molecule has 12 aromatic rings. The standard InChI is InChI=1S/C73H50FN/c74-63-39-30-58(31-40-63)67-48-49-68(59-28-26-54(27-29-59)51-16-6-1-7-17-51)72-71(67)69-47-38-60(50-70(69)73(72,61-22-12-4-13-23-61)62-24-14-5-15-25-62)57-36-45-66(46-37-57)75(64-41-32-55(33-42-64)52-18-8-2-9-19-52)65-43-34-56(35-44-65)53-20-10-3-11-21-53/h1-50H. The van der Waals surface area contributed by atoms with Gasteiger partial charge in [0.1, 0.15) is 5.82 Å². The molecule has 1 aliphatic rings. The predicted octanol–water partition coefficient (Wildman–Crippen LogP) is 19.7. The van der Waals surface area contributed by atoms with E-state index in [-0.39, 0.29) is 5.82 Å². The van der Waals surface area contributed by atoms with E-state index in [1.807, 2.05) is 12.1 Å². The van der Waals surface area contributed by atoms with Crippen LogP contribution in [-0.2, 0) is 5.41 Å². The molecular weight excluding hydrogens is 910 g/mol. The fourth-order valence-electron chi connectivity index (χ4n) is 11.5. The molecule has 0 saturated heterocycles. The lowest BCUT2D eigenvalue weighted by Gasteiger charge is -2.36. The summed E-state index contributed by atoms with van der Waals surface area (Å²) >= 11 is 0. The molecule has 0 atom stereocenters. The maximum Gasteiger partial charge on any atom is 0.123 e. The van der Waals surface area contributed by atoms with Crippen LogP contribution in [0.25, 0.3) is 77.9 Å². The molecule has 0 radical (unpaired) electrons. The summed E-state index contributed by atoms with van der Waals surface area (Å²) in [7, 11) is 0. The quantitative estimate of drug-likeness (QED) is 0.125. The van der Waals surface area contributed by atoms with Crippen LogP contribution >= 0.6 is 0 Å². The van der Waals surface area contributed by atoms with E-state index in [0.29, 0.717) is 0 Å². The van der Waals surface area contributed by atoms with Crippen LogP contribution in [0.4, 0.5) is 21.5 Å². The SMILES string of the molecule is Fc1ccc(-c2ccc(-c3ccc(-c4ccccc4)cc3)c3c2-c2ccc(-c4ccc(N(c5ccc(-c6ccccc6)cc5)c5ccc(-c6ccccc6)cc5)cc4)cc2C3(c2ccccc2)c2ccccc2)cc1. The summed E-state index contributed by atoms with van der Waals surface area (Å²) < 4.78 is 14.7. The minimum Gasteiger partial charge on any atom is -0.311 e. The van der Waals surface area contributed by atoms with Crippen LogP contribution in [0.1, 0.15) is 22.3 Å². The molecule has 0 heterocycles. The molecule has 0 aliphatic heterocycles. The Labute approximate surface area is 438 Å². The van der Waals surface area contributed by atoms with Crippen LogP contribution in [0.15, 0.2) is 303 Å². The summed E-state index contributed by atoms with van der Waals surface area (Å²) in [6, 6.07) is 108. The van der Waals surface area contributed by atoms with Crippen molar-refractivity contribution in [3.63, 3.8) is 0 Å². The molecule has 0 aromatic heterocycles. The first-order valence-electron chi connectivity index (χ1n) is 25.7. The Morgan fingerprint density at radius 3 is 1.00 bits per heavy atom. The zero-order valence-corrected chi connectivity index (χ0v) is 41.2. The Kier molecular flexibility index (Phi) is 11.7. The lowest BCUT2D eigenvalue weighted by molar-refractivity contribution is 0.628. The maximum atomic E-state index is 14.7. The van der Waals surface area contributed by atoms with Crippen LogP contribution < -0.4 is 4.90 Å². The predicted molar refractivity (Wildman–Crippen MR) is 311 cm³/mol. The first-order valence-corrected chi connectivity index (χ1v) is 25.7. The molecule has 0 unspecified atom stereocenters. The van der Waals surface area contributed by atoms with Crippen LogP contribution in [0, 0.1) is 5.82 Å². The van der Waals surface area contributed by atoms with Gasteiger partial charge in [-0.25, -0.2) is 4.39 Å². The van der Waals surface area contributed by atoms with E-state index in [2.05, 4.69) is 284 Å². The lowest BCUT2D eigenvalue weighted by Crippen LogP contribution is -2.29. The largest absolute Gasteiger partial charge is 0.311 e. The number of benzene rings is 12. The molecule has 0 fully saturated rings. The number of hydrogen-bond donors (Lipinski definition) is 0. The van der Waals surface area contributed by atoms with Gasteiger partial charge in [0.2, 0.25) is 0 Å². The summed E-state index contributed by atoms with van der Waals surface area (Å²) in [5.41, 5.74) is 23.2. The average Bonchev–Trinajstić information content (AvgIpc) is 3.83. The third-order valence-electron chi connectivity index (χ3n) is 15.1. The van der Waals surface area contributed by atoms with E-state index in [0.717, 1.165) is 61.6 Å². The number of nitrogens with zero attached hydrogens (tertiary/aromatic N) is 1. The minimum absolute atomic E-state index is 0.255. The third kappa shape index (κ3) is 8.24. The van der Waals surface area contributed by atoms with Gasteiger partial charge in [0.05, 0.1) is 5.41 Å². The minimum atomic E-state index is -0.735. The lowest BCUT2D eigenvalue weighted by atomic mass is 9.65. The van der Waals surface area contributed by atoms with Crippen molar-refractivity contribution in [2.45, 2.75) is 5.41 Å². The van der Waals surface area contributed by atoms with E-state index in [9.17, 15) is 4.39 Å². The summed E-state index contributed by atoms with van der Waals surface area (Å²) in [4.78, 5) is 2.34. The molecule has 0 saturated carbocycles.